The quantitative estimate of drug-likeness (QED) is 0.921. The Hall–Kier alpha value is -2.70. The molecule has 7 heteroatoms. The molecule has 1 aliphatic heterocycles. The Kier molecular flexibility index (Phi) is 4.59. The number of halogens is 2. The van der Waals surface area contributed by atoms with Crippen molar-refractivity contribution in [1.82, 2.24) is 9.88 Å². The number of ether oxygens (including phenoxy) is 1. The molecule has 1 N–H and O–H groups in total. The number of hydrogen-bond donors (Lipinski definition) is 1. The third kappa shape index (κ3) is 3.29. The van der Waals surface area contributed by atoms with E-state index in [1.54, 1.807) is 6.07 Å². The van der Waals surface area contributed by atoms with Gasteiger partial charge in [0.25, 0.3) is 0 Å². The number of aromatic nitrogens is 1. The van der Waals surface area contributed by atoms with E-state index >= 15 is 0 Å². The summed E-state index contributed by atoms with van der Waals surface area (Å²) in [4.78, 5) is 16.5. The van der Waals surface area contributed by atoms with Crippen LogP contribution in [0.1, 0.15) is 24.3 Å². The summed E-state index contributed by atoms with van der Waals surface area (Å²) < 4.78 is 32.6. The topological polar surface area (TPSA) is 62.7 Å². The van der Waals surface area contributed by atoms with Gasteiger partial charge in [0.2, 0.25) is 11.7 Å². The van der Waals surface area contributed by atoms with E-state index in [1.807, 2.05) is 6.07 Å². The van der Waals surface area contributed by atoms with Crippen LogP contribution in [-0.2, 0) is 0 Å². The molecule has 3 rings (SSSR count). The normalized spacial score (nSPS) is 15.3. The van der Waals surface area contributed by atoms with E-state index in [0.717, 1.165) is 11.6 Å². The number of piperidine rings is 1. The maximum absolute atomic E-state index is 13.8. The predicted octanol–water partition coefficient (Wildman–Crippen LogP) is 4.01. The molecule has 0 saturated carbocycles. The molecule has 2 aromatic rings. The number of carboxylic acid groups (broad SMARTS) is 1. The summed E-state index contributed by atoms with van der Waals surface area (Å²) in [7, 11) is 0. The summed E-state index contributed by atoms with van der Waals surface area (Å²) in [5, 5.41) is 9.01. The van der Waals surface area contributed by atoms with Crippen molar-refractivity contribution in [2.75, 3.05) is 13.1 Å². The average Bonchev–Trinajstić information content (AvgIpc) is 2.59. The molecule has 0 radical (unpaired) electrons. The molecule has 0 unspecified atom stereocenters. The summed E-state index contributed by atoms with van der Waals surface area (Å²) >= 11 is 0. The molecule has 1 saturated heterocycles. The standard InChI is InChI=1S/C17H16F2N2O3/c18-13-4-1-5-14(15(13)19)24-16-12(3-2-8-20-16)11-6-9-21(10-7-11)17(22)23/h1-5,8,11H,6-7,9-10H2,(H,22,23). The van der Waals surface area contributed by atoms with E-state index in [0.29, 0.717) is 25.9 Å². The van der Waals surface area contributed by atoms with Crippen LogP contribution in [-0.4, -0.2) is 34.2 Å². The second kappa shape index (κ2) is 6.82. The lowest BCUT2D eigenvalue weighted by Gasteiger charge is -2.30. The first-order valence-corrected chi connectivity index (χ1v) is 7.61. The Labute approximate surface area is 137 Å². The van der Waals surface area contributed by atoms with E-state index in [1.165, 1.54) is 23.2 Å². The van der Waals surface area contributed by atoms with Gasteiger partial charge in [0.15, 0.2) is 11.6 Å². The highest BCUT2D eigenvalue weighted by Gasteiger charge is 2.26. The summed E-state index contributed by atoms with van der Waals surface area (Å²) in [6, 6.07) is 7.28. The van der Waals surface area contributed by atoms with Crippen molar-refractivity contribution >= 4 is 6.09 Å². The highest BCUT2D eigenvalue weighted by molar-refractivity contribution is 5.65. The molecule has 1 aromatic heterocycles. The van der Waals surface area contributed by atoms with Gasteiger partial charge in [-0.25, -0.2) is 14.2 Å². The highest BCUT2D eigenvalue weighted by atomic mass is 19.2. The third-order valence-corrected chi connectivity index (χ3v) is 4.13. The molecule has 1 fully saturated rings. The fourth-order valence-corrected chi connectivity index (χ4v) is 2.85. The molecule has 2 heterocycles. The van der Waals surface area contributed by atoms with Crippen LogP contribution in [0.5, 0.6) is 11.6 Å². The molecular weight excluding hydrogens is 318 g/mol. The van der Waals surface area contributed by atoms with Crippen molar-refractivity contribution in [3.63, 3.8) is 0 Å². The number of likely N-dealkylation sites (tertiary alicyclic amines) is 1. The first-order chi connectivity index (χ1) is 11.6. The second-order valence-corrected chi connectivity index (χ2v) is 5.60. The van der Waals surface area contributed by atoms with Gasteiger partial charge in [0, 0.05) is 24.8 Å². The van der Waals surface area contributed by atoms with Crippen LogP contribution in [0.25, 0.3) is 0 Å². The minimum atomic E-state index is -1.06. The van der Waals surface area contributed by atoms with Gasteiger partial charge in [-0.05, 0) is 37.0 Å². The van der Waals surface area contributed by atoms with Gasteiger partial charge in [-0.3, -0.25) is 0 Å². The smallest absolute Gasteiger partial charge is 0.407 e. The van der Waals surface area contributed by atoms with Gasteiger partial charge in [0.1, 0.15) is 0 Å². The number of carbonyl (C=O) groups is 1. The van der Waals surface area contributed by atoms with Crippen LogP contribution in [0.3, 0.4) is 0 Å². The van der Waals surface area contributed by atoms with Gasteiger partial charge in [0.05, 0.1) is 0 Å². The molecule has 126 valence electrons. The SMILES string of the molecule is O=C(O)N1CCC(c2cccnc2Oc2cccc(F)c2F)CC1. The lowest BCUT2D eigenvalue weighted by atomic mass is 9.90. The maximum atomic E-state index is 13.8. The number of benzene rings is 1. The molecule has 1 aromatic carbocycles. The zero-order valence-electron chi connectivity index (χ0n) is 12.8. The minimum absolute atomic E-state index is 0.0564. The highest BCUT2D eigenvalue weighted by Crippen LogP contribution is 2.35. The predicted molar refractivity (Wildman–Crippen MR) is 82.2 cm³/mol. The van der Waals surface area contributed by atoms with Crippen molar-refractivity contribution in [3.05, 3.63) is 53.7 Å². The van der Waals surface area contributed by atoms with Gasteiger partial charge < -0.3 is 14.7 Å². The molecule has 5 nitrogen and oxygen atoms in total. The molecule has 24 heavy (non-hydrogen) atoms. The zero-order chi connectivity index (χ0) is 17.1. The Morgan fingerprint density at radius 2 is 1.96 bits per heavy atom. The monoisotopic (exact) mass is 334 g/mol. The van der Waals surface area contributed by atoms with Crippen molar-refractivity contribution < 1.29 is 23.4 Å². The number of pyridine rings is 1. The first kappa shape index (κ1) is 16.2. The Morgan fingerprint density at radius 3 is 2.67 bits per heavy atom. The van der Waals surface area contributed by atoms with Crippen LogP contribution >= 0.6 is 0 Å². The Morgan fingerprint density at radius 1 is 1.21 bits per heavy atom. The van der Waals surface area contributed by atoms with Crippen molar-refractivity contribution in [1.29, 1.82) is 0 Å². The Balaban J connectivity index is 1.81. The fourth-order valence-electron chi connectivity index (χ4n) is 2.85. The van der Waals surface area contributed by atoms with Crippen LogP contribution in [0.4, 0.5) is 13.6 Å². The van der Waals surface area contributed by atoms with Crippen LogP contribution in [0.15, 0.2) is 36.5 Å². The van der Waals surface area contributed by atoms with E-state index in [2.05, 4.69) is 4.98 Å². The number of hydrogen-bond acceptors (Lipinski definition) is 3. The van der Waals surface area contributed by atoms with Crippen LogP contribution < -0.4 is 4.74 Å². The van der Waals surface area contributed by atoms with Crippen molar-refractivity contribution in [2.45, 2.75) is 18.8 Å². The van der Waals surface area contributed by atoms with Gasteiger partial charge >= 0.3 is 6.09 Å². The Bertz CT molecular complexity index is 746. The molecule has 0 spiro atoms. The average molecular weight is 334 g/mol. The van der Waals surface area contributed by atoms with Gasteiger partial charge in [-0.1, -0.05) is 12.1 Å². The summed E-state index contributed by atoms with van der Waals surface area (Å²) in [5.74, 6) is -2.00. The number of amides is 1. The molecule has 1 amide bonds. The molecule has 0 bridgehead atoms. The number of rotatable bonds is 3. The first-order valence-electron chi connectivity index (χ1n) is 7.61. The molecule has 0 atom stereocenters. The summed E-state index contributed by atoms with van der Waals surface area (Å²) in [6.07, 6.45) is 1.83. The molecule has 0 aliphatic carbocycles. The van der Waals surface area contributed by atoms with Crippen LogP contribution in [0.2, 0.25) is 0 Å². The van der Waals surface area contributed by atoms with E-state index in [-0.39, 0.29) is 17.5 Å². The van der Waals surface area contributed by atoms with Gasteiger partial charge in [-0.15, -0.1) is 0 Å². The lowest BCUT2D eigenvalue weighted by molar-refractivity contribution is 0.132. The summed E-state index contributed by atoms with van der Waals surface area (Å²) in [6.45, 7) is 0.839. The zero-order valence-corrected chi connectivity index (χ0v) is 12.8. The fraction of sp³-hybridized carbons (Fsp3) is 0.294. The van der Waals surface area contributed by atoms with E-state index < -0.39 is 17.7 Å². The second-order valence-electron chi connectivity index (χ2n) is 5.60. The number of nitrogens with zero attached hydrogens (tertiary/aromatic N) is 2. The summed E-state index contributed by atoms with van der Waals surface area (Å²) in [5.41, 5.74) is 0.770. The molecular formula is C17H16F2N2O3. The molecule has 1 aliphatic rings. The minimum Gasteiger partial charge on any atom is -0.465 e. The van der Waals surface area contributed by atoms with Crippen molar-refractivity contribution in [3.8, 4) is 11.6 Å². The van der Waals surface area contributed by atoms with Crippen LogP contribution in [0, 0.1) is 11.6 Å². The van der Waals surface area contributed by atoms with Crippen molar-refractivity contribution in [2.24, 2.45) is 0 Å². The third-order valence-electron chi connectivity index (χ3n) is 4.13. The van der Waals surface area contributed by atoms with E-state index in [9.17, 15) is 13.6 Å². The van der Waals surface area contributed by atoms with Gasteiger partial charge in [-0.2, -0.15) is 4.39 Å². The maximum Gasteiger partial charge on any atom is 0.407 e. The largest absolute Gasteiger partial charge is 0.465 e. The van der Waals surface area contributed by atoms with E-state index in [4.69, 9.17) is 9.84 Å². The lowest BCUT2D eigenvalue weighted by Crippen LogP contribution is -2.36.